The number of nitrogens with zero attached hydrogens (tertiary/aromatic N) is 1. The van der Waals surface area contributed by atoms with Gasteiger partial charge in [-0.1, -0.05) is 6.07 Å². The molecule has 3 nitrogen and oxygen atoms in total. The van der Waals surface area contributed by atoms with E-state index in [9.17, 15) is 0 Å². The van der Waals surface area contributed by atoms with Gasteiger partial charge in [0.2, 0.25) is 0 Å². The minimum absolute atomic E-state index is 0.300. The highest BCUT2D eigenvalue weighted by atomic mass is 16.7. The zero-order valence-electron chi connectivity index (χ0n) is 10.2. The molecule has 0 amide bonds. The van der Waals surface area contributed by atoms with E-state index in [1.54, 1.807) is 0 Å². The number of pyridine rings is 1. The number of ether oxygens (including phenoxy) is 2. The molecular weight excluding hydrogens is 214 g/mol. The summed E-state index contributed by atoms with van der Waals surface area (Å²) in [5, 5.41) is 0. The number of aromatic nitrogens is 1. The Bertz CT molecular complexity index is 386. The topological polar surface area (TPSA) is 31.4 Å². The summed E-state index contributed by atoms with van der Waals surface area (Å²) in [5.41, 5.74) is 2.63. The third-order valence-corrected chi connectivity index (χ3v) is 3.75. The number of rotatable bonds is 0. The summed E-state index contributed by atoms with van der Waals surface area (Å²) in [5.74, 6) is -0.300. The van der Waals surface area contributed by atoms with Crippen LogP contribution in [0.4, 0.5) is 0 Å². The Morgan fingerprint density at radius 1 is 1.06 bits per heavy atom. The molecule has 3 rings (SSSR count). The Balaban J connectivity index is 1.78. The molecule has 0 unspecified atom stereocenters. The molecule has 1 saturated heterocycles. The van der Waals surface area contributed by atoms with E-state index in [0.29, 0.717) is 0 Å². The average Bonchev–Trinajstić information content (AvgIpc) is 2.37. The fourth-order valence-electron chi connectivity index (χ4n) is 2.80. The summed E-state index contributed by atoms with van der Waals surface area (Å²) < 4.78 is 11.8. The molecule has 1 fully saturated rings. The molecule has 3 heteroatoms. The predicted molar refractivity (Wildman–Crippen MR) is 64.7 cm³/mol. The van der Waals surface area contributed by atoms with Gasteiger partial charge in [0, 0.05) is 24.7 Å². The highest BCUT2D eigenvalue weighted by molar-refractivity contribution is 5.21. The van der Waals surface area contributed by atoms with E-state index in [1.165, 1.54) is 11.3 Å². The standard InChI is InChI=1S/C14H19NO2/c1-5-13-12(4-2-9-15-13)6-8-14(7-1)16-10-3-11-17-14/h2,4,9H,1,3,5-8,10-11H2. The Morgan fingerprint density at radius 2 is 1.94 bits per heavy atom. The van der Waals surface area contributed by atoms with Gasteiger partial charge in [-0.15, -0.1) is 0 Å². The quantitative estimate of drug-likeness (QED) is 0.690. The summed E-state index contributed by atoms with van der Waals surface area (Å²) in [4.78, 5) is 4.47. The van der Waals surface area contributed by atoms with Crippen LogP contribution in [0.25, 0.3) is 0 Å². The summed E-state index contributed by atoms with van der Waals surface area (Å²) in [6.07, 6.45) is 8.05. The van der Waals surface area contributed by atoms with E-state index in [4.69, 9.17) is 9.47 Å². The van der Waals surface area contributed by atoms with Gasteiger partial charge < -0.3 is 9.47 Å². The monoisotopic (exact) mass is 233 g/mol. The zero-order valence-corrected chi connectivity index (χ0v) is 10.2. The van der Waals surface area contributed by atoms with Crippen LogP contribution in [-0.2, 0) is 22.3 Å². The van der Waals surface area contributed by atoms with Gasteiger partial charge >= 0.3 is 0 Å². The lowest BCUT2D eigenvalue weighted by molar-refractivity contribution is -0.274. The SMILES string of the molecule is c1cnc2c(c1)CCC1(CCC2)OCCCO1. The van der Waals surface area contributed by atoms with E-state index >= 15 is 0 Å². The molecule has 0 aromatic carbocycles. The van der Waals surface area contributed by atoms with Crippen molar-refractivity contribution in [3.63, 3.8) is 0 Å². The van der Waals surface area contributed by atoms with Crippen LogP contribution in [0, 0.1) is 0 Å². The van der Waals surface area contributed by atoms with E-state index in [1.807, 2.05) is 12.3 Å². The van der Waals surface area contributed by atoms with Gasteiger partial charge in [-0.25, -0.2) is 0 Å². The normalized spacial score (nSPS) is 23.8. The molecular formula is C14H19NO2. The number of hydrogen-bond donors (Lipinski definition) is 0. The van der Waals surface area contributed by atoms with E-state index < -0.39 is 0 Å². The lowest BCUT2D eigenvalue weighted by Crippen LogP contribution is -2.41. The van der Waals surface area contributed by atoms with Crippen molar-refractivity contribution >= 4 is 0 Å². The van der Waals surface area contributed by atoms with Crippen molar-refractivity contribution in [3.8, 4) is 0 Å². The van der Waals surface area contributed by atoms with Crippen LogP contribution in [0.15, 0.2) is 18.3 Å². The van der Waals surface area contributed by atoms with Crippen LogP contribution in [0.2, 0.25) is 0 Å². The molecule has 2 aliphatic rings. The molecule has 1 aromatic heterocycles. The van der Waals surface area contributed by atoms with Crippen molar-refractivity contribution in [2.24, 2.45) is 0 Å². The molecule has 1 aliphatic heterocycles. The maximum atomic E-state index is 5.91. The molecule has 0 saturated carbocycles. The van der Waals surface area contributed by atoms with Crippen molar-refractivity contribution in [2.45, 2.75) is 44.3 Å². The second kappa shape index (κ2) is 4.75. The highest BCUT2D eigenvalue weighted by Crippen LogP contribution is 2.32. The second-order valence-electron chi connectivity index (χ2n) is 4.92. The molecule has 0 bridgehead atoms. The van der Waals surface area contributed by atoms with Crippen molar-refractivity contribution in [2.75, 3.05) is 13.2 Å². The molecule has 0 N–H and O–H groups in total. The minimum atomic E-state index is -0.300. The molecule has 1 aromatic rings. The third kappa shape index (κ3) is 2.35. The van der Waals surface area contributed by atoms with Gasteiger partial charge in [-0.3, -0.25) is 4.98 Å². The fourth-order valence-corrected chi connectivity index (χ4v) is 2.80. The van der Waals surface area contributed by atoms with Crippen molar-refractivity contribution in [1.29, 1.82) is 0 Å². The van der Waals surface area contributed by atoms with Gasteiger partial charge in [0.05, 0.1) is 13.2 Å². The Labute approximate surface area is 102 Å². The van der Waals surface area contributed by atoms with Gasteiger partial charge in [-0.2, -0.15) is 0 Å². The maximum Gasteiger partial charge on any atom is 0.168 e. The van der Waals surface area contributed by atoms with Gasteiger partial charge in [0.1, 0.15) is 0 Å². The van der Waals surface area contributed by atoms with Crippen molar-refractivity contribution in [1.82, 2.24) is 4.98 Å². The first-order valence-electron chi connectivity index (χ1n) is 6.59. The molecule has 2 heterocycles. The third-order valence-electron chi connectivity index (χ3n) is 3.75. The predicted octanol–water partition coefficient (Wildman–Crippen LogP) is 2.48. The van der Waals surface area contributed by atoms with Gasteiger partial charge in [-0.05, 0) is 37.3 Å². The van der Waals surface area contributed by atoms with Crippen LogP contribution in [0.3, 0.4) is 0 Å². The number of fused-ring (bicyclic) bond motifs is 1. The summed E-state index contributed by atoms with van der Waals surface area (Å²) in [6.45, 7) is 1.69. The largest absolute Gasteiger partial charge is 0.350 e. The first-order chi connectivity index (χ1) is 8.38. The maximum absolute atomic E-state index is 5.91. The van der Waals surface area contributed by atoms with Crippen LogP contribution < -0.4 is 0 Å². The molecule has 0 radical (unpaired) electrons. The highest BCUT2D eigenvalue weighted by Gasteiger charge is 2.35. The van der Waals surface area contributed by atoms with E-state index in [2.05, 4.69) is 11.1 Å². The average molecular weight is 233 g/mol. The summed E-state index contributed by atoms with van der Waals surface area (Å²) in [7, 11) is 0. The van der Waals surface area contributed by atoms with E-state index in [-0.39, 0.29) is 5.79 Å². The van der Waals surface area contributed by atoms with Gasteiger partial charge in [0.15, 0.2) is 5.79 Å². The second-order valence-corrected chi connectivity index (χ2v) is 4.92. The smallest absolute Gasteiger partial charge is 0.168 e. The molecule has 92 valence electrons. The summed E-state index contributed by atoms with van der Waals surface area (Å²) >= 11 is 0. The molecule has 0 atom stereocenters. The summed E-state index contributed by atoms with van der Waals surface area (Å²) in [6, 6.07) is 4.21. The van der Waals surface area contributed by atoms with Gasteiger partial charge in [0.25, 0.3) is 0 Å². The Morgan fingerprint density at radius 3 is 2.82 bits per heavy atom. The zero-order chi connectivity index (χ0) is 11.6. The van der Waals surface area contributed by atoms with Crippen LogP contribution >= 0.6 is 0 Å². The Kier molecular flexibility index (Phi) is 3.12. The van der Waals surface area contributed by atoms with E-state index in [0.717, 1.165) is 51.7 Å². The van der Waals surface area contributed by atoms with Crippen molar-refractivity contribution < 1.29 is 9.47 Å². The van der Waals surface area contributed by atoms with Crippen LogP contribution in [0.5, 0.6) is 0 Å². The van der Waals surface area contributed by atoms with Crippen LogP contribution in [0.1, 0.15) is 36.9 Å². The minimum Gasteiger partial charge on any atom is -0.350 e. The molecule has 17 heavy (non-hydrogen) atoms. The van der Waals surface area contributed by atoms with Crippen LogP contribution in [-0.4, -0.2) is 24.0 Å². The number of hydrogen-bond acceptors (Lipinski definition) is 3. The lowest BCUT2D eigenvalue weighted by atomic mass is 9.92. The number of aryl methyl sites for hydroxylation is 2. The molecule has 1 spiro atoms. The Hall–Kier alpha value is -0.930. The first kappa shape index (κ1) is 11.2. The van der Waals surface area contributed by atoms with Crippen molar-refractivity contribution in [3.05, 3.63) is 29.6 Å². The first-order valence-corrected chi connectivity index (χ1v) is 6.59. The lowest BCUT2D eigenvalue weighted by Gasteiger charge is -2.38. The fraction of sp³-hybridized carbons (Fsp3) is 0.643. The molecule has 1 aliphatic carbocycles.